The minimum atomic E-state index is 0.0914. The van der Waals surface area contributed by atoms with Gasteiger partial charge in [-0.3, -0.25) is 0 Å². The summed E-state index contributed by atoms with van der Waals surface area (Å²) in [6, 6.07) is 23.2. The van der Waals surface area contributed by atoms with Crippen LogP contribution in [0.5, 0.6) is 0 Å². The van der Waals surface area contributed by atoms with Crippen molar-refractivity contribution in [2.45, 2.75) is 94.4 Å². The Hall–Kier alpha value is -4.30. The summed E-state index contributed by atoms with van der Waals surface area (Å²) in [6.45, 7) is 25.1. The van der Waals surface area contributed by atoms with Gasteiger partial charge in [0.25, 0.3) is 0 Å². The number of hydrogen-bond acceptors (Lipinski definition) is 0. The molecule has 2 aromatic heterocycles. The highest BCUT2D eigenvalue weighted by atomic mass is 15.0. The maximum atomic E-state index is 2.53. The lowest BCUT2D eigenvalue weighted by atomic mass is 9.82. The summed E-state index contributed by atoms with van der Waals surface area (Å²) in [6.07, 6.45) is 16.0. The molecule has 2 nitrogen and oxygen atoms in total. The molecular formula is C46H54N2. The Kier molecular flexibility index (Phi) is 8.83. The molecule has 0 radical (unpaired) electrons. The molecule has 0 saturated carbocycles. The van der Waals surface area contributed by atoms with E-state index < -0.39 is 0 Å². The fraction of sp³-hybridized carbons (Fsp3) is 0.348. The van der Waals surface area contributed by atoms with Gasteiger partial charge in [0.15, 0.2) is 0 Å². The van der Waals surface area contributed by atoms with Crippen LogP contribution >= 0.6 is 0 Å². The molecule has 5 aromatic rings. The van der Waals surface area contributed by atoms with Gasteiger partial charge in [0, 0.05) is 39.4 Å². The zero-order valence-corrected chi connectivity index (χ0v) is 31.1. The third-order valence-corrected chi connectivity index (χ3v) is 10.7. The summed E-state index contributed by atoms with van der Waals surface area (Å²) in [5.41, 5.74) is 17.2. The maximum Gasteiger partial charge on any atom is 0.0537 e. The van der Waals surface area contributed by atoms with Crippen LogP contribution in [0.1, 0.15) is 107 Å². The molecule has 48 heavy (non-hydrogen) atoms. The van der Waals surface area contributed by atoms with Crippen molar-refractivity contribution in [1.29, 1.82) is 0 Å². The molecule has 0 amide bonds. The van der Waals surface area contributed by atoms with Crippen LogP contribution in [0.2, 0.25) is 0 Å². The van der Waals surface area contributed by atoms with E-state index in [0.29, 0.717) is 5.92 Å². The fourth-order valence-corrected chi connectivity index (χ4v) is 7.19. The molecule has 0 fully saturated rings. The first-order valence-corrected chi connectivity index (χ1v) is 17.8. The van der Waals surface area contributed by atoms with Crippen LogP contribution in [-0.2, 0) is 11.8 Å². The van der Waals surface area contributed by atoms with E-state index in [1.54, 1.807) is 0 Å². The van der Waals surface area contributed by atoms with Gasteiger partial charge in [0.2, 0.25) is 0 Å². The Balaban J connectivity index is 1.50. The van der Waals surface area contributed by atoms with Crippen LogP contribution < -0.4 is 0 Å². The second-order valence-electron chi connectivity index (χ2n) is 16.0. The Morgan fingerprint density at radius 2 is 1.56 bits per heavy atom. The average molecular weight is 635 g/mol. The number of hydrogen-bond donors (Lipinski definition) is 0. The first-order chi connectivity index (χ1) is 22.7. The SMILES string of the molecule is C/C=C\c1c(C)n(-c2cccc(-c3cc(-n4c(/C=C\C(C)C(C)(C)C)c(C)c5c4CCC=C5)ccc3C)c2)c2ccc(C(C)(C)C)cc12. The smallest absolute Gasteiger partial charge is 0.0537 e. The minimum absolute atomic E-state index is 0.0914. The summed E-state index contributed by atoms with van der Waals surface area (Å²) in [5, 5.41) is 1.31. The highest BCUT2D eigenvalue weighted by molar-refractivity contribution is 5.93. The normalized spacial score (nSPS) is 14.5. The van der Waals surface area contributed by atoms with E-state index in [0.717, 1.165) is 12.8 Å². The van der Waals surface area contributed by atoms with Crippen molar-refractivity contribution in [2.24, 2.45) is 11.3 Å². The molecule has 1 atom stereocenters. The number of allylic oxidation sites excluding steroid dienone is 3. The van der Waals surface area contributed by atoms with Crippen LogP contribution in [0.3, 0.4) is 0 Å². The predicted octanol–water partition coefficient (Wildman–Crippen LogP) is 13.0. The van der Waals surface area contributed by atoms with Crippen LogP contribution in [0.4, 0.5) is 0 Å². The third kappa shape index (κ3) is 6.07. The van der Waals surface area contributed by atoms with Gasteiger partial charge in [-0.05, 0) is 133 Å². The Morgan fingerprint density at radius 1 is 0.812 bits per heavy atom. The number of nitrogens with zero attached hydrogens (tertiary/aromatic N) is 2. The monoisotopic (exact) mass is 634 g/mol. The van der Waals surface area contributed by atoms with Crippen molar-refractivity contribution in [2.75, 3.05) is 0 Å². The number of rotatable bonds is 6. The Labute approximate surface area is 289 Å². The van der Waals surface area contributed by atoms with Gasteiger partial charge in [-0.1, -0.05) is 103 Å². The standard InChI is InChI=1S/C46H54N2/c1-12-16-39-33(5)47(44-26-23-35(28-41(39)44)46(9,10)11)36-18-15-17-34(27-36)40-29-37(24-21-30(40)2)48-42(25-22-31(3)45(6,7)8)32(4)38-19-13-14-20-43(38)48/h12-13,15-19,21-29,31H,14,20H2,1-11H3/b16-12-,25-22-. The molecule has 0 aliphatic heterocycles. The van der Waals surface area contributed by atoms with E-state index in [-0.39, 0.29) is 10.8 Å². The van der Waals surface area contributed by atoms with E-state index >= 15 is 0 Å². The number of fused-ring (bicyclic) bond motifs is 2. The van der Waals surface area contributed by atoms with Crippen LogP contribution in [-0.4, -0.2) is 9.13 Å². The molecule has 0 bridgehead atoms. The largest absolute Gasteiger partial charge is 0.313 e. The van der Waals surface area contributed by atoms with E-state index in [4.69, 9.17) is 0 Å². The summed E-state index contributed by atoms with van der Waals surface area (Å²) in [4.78, 5) is 0. The molecule has 0 N–H and O–H groups in total. The van der Waals surface area contributed by atoms with E-state index in [1.807, 2.05) is 0 Å². The number of benzene rings is 3. The van der Waals surface area contributed by atoms with Gasteiger partial charge in [-0.25, -0.2) is 0 Å². The maximum absolute atomic E-state index is 2.53. The van der Waals surface area contributed by atoms with Crippen molar-refractivity contribution in [3.8, 4) is 22.5 Å². The lowest BCUT2D eigenvalue weighted by Crippen LogP contribution is -2.14. The molecular weight excluding hydrogens is 581 g/mol. The predicted molar refractivity (Wildman–Crippen MR) is 211 cm³/mol. The highest BCUT2D eigenvalue weighted by Gasteiger charge is 2.23. The lowest BCUT2D eigenvalue weighted by molar-refractivity contribution is 0.315. The zero-order chi connectivity index (χ0) is 34.5. The molecule has 1 unspecified atom stereocenters. The zero-order valence-electron chi connectivity index (χ0n) is 31.1. The van der Waals surface area contributed by atoms with Gasteiger partial charge >= 0.3 is 0 Å². The van der Waals surface area contributed by atoms with Gasteiger partial charge in [0.05, 0.1) is 5.52 Å². The Morgan fingerprint density at radius 3 is 2.27 bits per heavy atom. The van der Waals surface area contributed by atoms with Crippen LogP contribution in [0.15, 0.2) is 78.9 Å². The minimum Gasteiger partial charge on any atom is -0.313 e. The van der Waals surface area contributed by atoms with E-state index in [2.05, 4.69) is 182 Å². The lowest BCUT2D eigenvalue weighted by Gasteiger charge is -2.24. The Bertz CT molecular complexity index is 2090. The quantitative estimate of drug-likeness (QED) is 0.176. The summed E-state index contributed by atoms with van der Waals surface area (Å²) in [7, 11) is 0. The molecule has 0 spiro atoms. The molecule has 2 heterocycles. The molecule has 1 aliphatic rings. The average Bonchev–Trinajstić information content (AvgIpc) is 3.48. The number of aromatic nitrogens is 2. The van der Waals surface area contributed by atoms with E-state index in [1.165, 1.54) is 78.3 Å². The molecule has 1 aliphatic carbocycles. The van der Waals surface area contributed by atoms with E-state index in [9.17, 15) is 0 Å². The third-order valence-electron chi connectivity index (χ3n) is 10.7. The van der Waals surface area contributed by atoms with Gasteiger partial charge < -0.3 is 9.13 Å². The molecule has 0 saturated heterocycles. The van der Waals surface area contributed by atoms with Crippen LogP contribution in [0.25, 0.3) is 51.6 Å². The molecule has 3 aromatic carbocycles. The first kappa shape index (κ1) is 33.6. The van der Waals surface area contributed by atoms with Crippen molar-refractivity contribution in [3.05, 3.63) is 124 Å². The van der Waals surface area contributed by atoms with Crippen molar-refractivity contribution < 1.29 is 0 Å². The second kappa shape index (κ2) is 12.6. The van der Waals surface area contributed by atoms with Gasteiger partial charge in [0.1, 0.15) is 0 Å². The number of aryl methyl sites for hydroxylation is 1. The molecule has 2 heteroatoms. The summed E-state index contributed by atoms with van der Waals surface area (Å²) in [5.74, 6) is 0.464. The summed E-state index contributed by atoms with van der Waals surface area (Å²) >= 11 is 0. The van der Waals surface area contributed by atoms with Gasteiger partial charge in [-0.2, -0.15) is 0 Å². The van der Waals surface area contributed by atoms with Crippen molar-refractivity contribution in [1.82, 2.24) is 9.13 Å². The molecule has 248 valence electrons. The topological polar surface area (TPSA) is 9.86 Å². The van der Waals surface area contributed by atoms with Gasteiger partial charge in [-0.15, -0.1) is 0 Å². The fourth-order valence-electron chi connectivity index (χ4n) is 7.19. The highest BCUT2D eigenvalue weighted by Crippen LogP contribution is 2.38. The molecule has 6 rings (SSSR count). The van der Waals surface area contributed by atoms with Crippen LogP contribution in [0, 0.1) is 32.1 Å². The second-order valence-corrected chi connectivity index (χ2v) is 16.0. The first-order valence-electron chi connectivity index (χ1n) is 17.8. The van der Waals surface area contributed by atoms with Crippen molar-refractivity contribution >= 4 is 29.1 Å². The van der Waals surface area contributed by atoms with Crippen molar-refractivity contribution in [3.63, 3.8) is 0 Å². The summed E-state index contributed by atoms with van der Waals surface area (Å²) < 4.78 is 4.98.